The van der Waals surface area contributed by atoms with Gasteiger partial charge in [-0.1, -0.05) is 20.3 Å². The van der Waals surface area contributed by atoms with E-state index in [9.17, 15) is 22.8 Å². The van der Waals surface area contributed by atoms with Crippen molar-refractivity contribution in [2.45, 2.75) is 52.3 Å². The highest BCUT2D eigenvalue weighted by molar-refractivity contribution is 5.77. The van der Waals surface area contributed by atoms with Crippen LogP contribution in [0.4, 0.5) is 13.2 Å². The molecule has 19 heavy (non-hydrogen) atoms. The normalized spacial score (nSPS) is 14.6. The van der Waals surface area contributed by atoms with E-state index >= 15 is 0 Å². The van der Waals surface area contributed by atoms with Crippen LogP contribution < -0.4 is 0 Å². The van der Waals surface area contributed by atoms with E-state index in [2.05, 4.69) is 4.74 Å². The molecule has 4 nitrogen and oxygen atoms in total. The summed E-state index contributed by atoms with van der Waals surface area (Å²) in [5.74, 6) is -1.47. The van der Waals surface area contributed by atoms with Gasteiger partial charge in [-0.3, -0.25) is 9.59 Å². The first-order valence-corrected chi connectivity index (χ1v) is 6.08. The summed E-state index contributed by atoms with van der Waals surface area (Å²) in [6.45, 7) is 4.81. The number of halogens is 3. The van der Waals surface area contributed by atoms with E-state index in [1.54, 1.807) is 0 Å². The quantitative estimate of drug-likeness (QED) is 0.675. The highest BCUT2D eigenvalue weighted by atomic mass is 19.4. The Labute approximate surface area is 110 Å². The van der Waals surface area contributed by atoms with Gasteiger partial charge in [-0.2, -0.15) is 13.2 Å². The molecule has 0 aliphatic rings. The van der Waals surface area contributed by atoms with Crippen molar-refractivity contribution in [2.24, 2.45) is 5.92 Å². The minimum Gasteiger partial charge on any atom is -0.465 e. The van der Waals surface area contributed by atoms with Crippen molar-refractivity contribution in [1.29, 1.82) is 0 Å². The van der Waals surface area contributed by atoms with Crippen LogP contribution in [0, 0.1) is 5.92 Å². The van der Waals surface area contributed by atoms with Gasteiger partial charge < -0.3 is 9.47 Å². The molecule has 0 saturated carbocycles. The zero-order valence-electron chi connectivity index (χ0n) is 11.3. The summed E-state index contributed by atoms with van der Waals surface area (Å²) in [7, 11) is 0. The van der Waals surface area contributed by atoms with Crippen molar-refractivity contribution >= 4 is 11.9 Å². The average Bonchev–Trinajstić information content (AvgIpc) is 2.32. The zero-order chi connectivity index (χ0) is 15.1. The van der Waals surface area contributed by atoms with E-state index < -0.39 is 30.6 Å². The summed E-state index contributed by atoms with van der Waals surface area (Å²) in [5, 5.41) is 0. The molecule has 2 unspecified atom stereocenters. The van der Waals surface area contributed by atoms with Crippen molar-refractivity contribution < 1.29 is 32.2 Å². The Hall–Kier alpha value is -1.27. The highest BCUT2D eigenvalue weighted by Crippen LogP contribution is 2.22. The molecular weight excluding hydrogens is 265 g/mol. The monoisotopic (exact) mass is 284 g/mol. The molecule has 0 radical (unpaired) electrons. The fourth-order valence-electron chi connectivity index (χ4n) is 0.952. The summed E-state index contributed by atoms with van der Waals surface area (Å²) < 4.78 is 45.3. The molecule has 0 aromatic heterocycles. The van der Waals surface area contributed by atoms with Gasteiger partial charge in [0.1, 0.15) is 0 Å². The van der Waals surface area contributed by atoms with Crippen LogP contribution in [0.25, 0.3) is 0 Å². The van der Waals surface area contributed by atoms with Gasteiger partial charge in [-0.05, 0) is 12.8 Å². The van der Waals surface area contributed by atoms with Crippen LogP contribution in [0.15, 0.2) is 0 Å². The first kappa shape index (κ1) is 17.7. The average molecular weight is 284 g/mol. The topological polar surface area (TPSA) is 52.6 Å². The minimum absolute atomic E-state index is 0.209. The Morgan fingerprint density at radius 2 is 1.63 bits per heavy atom. The smallest absolute Gasteiger partial charge is 0.425 e. The number of carbonyl (C=O) groups excluding carboxylic acids is 2. The largest absolute Gasteiger partial charge is 0.465 e. The molecule has 0 saturated heterocycles. The van der Waals surface area contributed by atoms with E-state index in [0.717, 1.165) is 13.3 Å². The second-order valence-electron chi connectivity index (χ2n) is 4.37. The van der Waals surface area contributed by atoms with E-state index in [1.807, 2.05) is 13.8 Å². The van der Waals surface area contributed by atoms with Crippen LogP contribution in [0.1, 0.15) is 40.0 Å². The molecule has 0 aliphatic carbocycles. The molecule has 0 heterocycles. The SMILES string of the molecule is CCC(C)COC(=O)CCC(=O)OC(C)C(F)(F)F. The summed E-state index contributed by atoms with van der Waals surface area (Å²) in [5.41, 5.74) is 0. The molecule has 0 bridgehead atoms. The Bertz CT molecular complexity index is 302. The van der Waals surface area contributed by atoms with Crippen molar-refractivity contribution in [3.63, 3.8) is 0 Å². The van der Waals surface area contributed by atoms with Crippen LogP contribution in [-0.4, -0.2) is 30.8 Å². The van der Waals surface area contributed by atoms with Crippen molar-refractivity contribution in [2.75, 3.05) is 6.61 Å². The lowest BCUT2D eigenvalue weighted by molar-refractivity contribution is -0.216. The van der Waals surface area contributed by atoms with Crippen LogP contribution >= 0.6 is 0 Å². The number of carbonyl (C=O) groups is 2. The maximum absolute atomic E-state index is 12.1. The van der Waals surface area contributed by atoms with Crippen LogP contribution in [0.2, 0.25) is 0 Å². The van der Waals surface area contributed by atoms with Gasteiger partial charge in [0, 0.05) is 0 Å². The molecule has 2 atom stereocenters. The molecule has 7 heteroatoms. The molecule has 0 aromatic carbocycles. The van der Waals surface area contributed by atoms with Gasteiger partial charge in [0.15, 0.2) is 6.10 Å². The molecule has 0 N–H and O–H groups in total. The third-order valence-corrected chi connectivity index (χ3v) is 2.53. The van der Waals surface area contributed by atoms with Gasteiger partial charge in [-0.25, -0.2) is 0 Å². The Balaban J connectivity index is 3.88. The summed E-state index contributed by atoms with van der Waals surface area (Å²) in [4.78, 5) is 22.3. The number of rotatable bonds is 7. The first-order valence-electron chi connectivity index (χ1n) is 6.08. The first-order chi connectivity index (χ1) is 8.66. The van der Waals surface area contributed by atoms with Crippen molar-refractivity contribution in [3.05, 3.63) is 0 Å². The maximum atomic E-state index is 12.1. The van der Waals surface area contributed by atoms with Gasteiger partial charge in [0.25, 0.3) is 0 Å². The summed E-state index contributed by atoms with van der Waals surface area (Å²) in [6, 6.07) is 0. The second-order valence-corrected chi connectivity index (χ2v) is 4.37. The number of hydrogen-bond donors (Lipinski definition) is 0. The van der Waals surface area contributed by atoms with Gasteiger partial charge in [-0.15, -0.1) is 0 Å². The van der Waals surface area contributed by atoms with Crippen LogP contribution in [0.3, 0.4) is 0 Å². The highest BCUT2D eigenvalue weighted by Gasteiger charge is 2.39. The Kier molecular flexibility index (Phi) is 7.48. The van der Waals surface area contributed by atoms with Gasteiger partial charge in [0.2, 0.25) is 0 Å². The number of ether oxygens (including phenoxy) is 2. The Morgan fingerprint density at radius 1 is 1.11 bits per heavy atom. The lowest BCUT2D eigenvalue weighted by Gasteiger charge is -2.16. The van der Waals surface area contributed by atoms with Crippen LogP contribution in [0.5, 0.6) is 0 Å². The molecule has 0 aromatic rings. The van der Waals surface area contributed by atoms with E-state index in [4.69, 9.17) is 4.74 Å². The molecule has 0 fully saturated rings. The van der Waals surface area contributed by atoms with E-state index in [1.165, 1.54) is 0 Å². The molecule has 0 spiro atoms. The fraction of sp³-hybridized carbons (Fsp3) is 0.833. The molecule has 112 valence electrons. The molecule has 0 rings (SSSR count). The lowest BCUT2D eigenvalue weighted by atomic mass is 10.1. The van der Waals surface area contributed by atoms with Crippen molar-refractivity contribution in [1.82, 2.24) is 0 Å². The zero-order valence-corrected chi connectivity index (χ0v) is 11.3. The molecule has 0 aliphatic heterocycles. The summed E-state index contributed by atoms with van der Waals surface area (Å²) in [6.07, 6.45) is -6.61. The predicted octanol–water partition coefficient (Wildman–Crippen LogP) is 2.85. The van der Waals surface area contributed by atoms with E-state index in [0.29, 0.717) is 0 Å². The van der Waals surface area contributed by atoms with Crippen molar-refractivity contribution in [3.8, 4) is 0 Å². The second kappa shape index (κ2) is 8.01. The fourth-order valence-corrected chi connectivity index (χ4v) is 0.952. The van der Waals surface area contributed by atoms with E-state index in [-0.39, 0.29) is 18.9 Å². The molecular formula is C12H19F3O4. The standard InChI is InChI=1S/C12H19F3O4/c1-4-8(2)7-18-10(16)5-6-11(17)19-9(3)12(13,14)15/h8-9H,4-7H2,1-3H3. The third kappa shape index (κ3) is 8.45. The number of esters is 2. The third-order valence-electron chi connectivity index (χ3n) is 2.53. The van der Waals surface area contributed by atoms with Crippen LogP contribution in [-0.2, 0) is 19.1 Å². The number of alkyl halides is 3. The molecule has 0 amide bonds. The van der Waals surface area contributed by atoms with Gasteiger partial charge >= 0.3 is 18.1 Å². The maximum Gasteiger partial charge on any atom is 0.425 e. The minimum atomic E-state index is -4.59. The lowest BCUT2D eigenvalue weighted by Crippen LogP contribution is -2.31. The van der Waals surface area contributed by atoms with Gasteiger partial charge in [0.05, 0.1) is 19.4 Å². The predicted molar refractivity (Wildman–Crippen MR) is 61.3 cm³/mol. The number of hydrogen-bond acceptors (Lipinski definition) is 4. The Morgan fingerprint density at radius 3 is 2.11 bits per heavy atom. The summed E-state index contributed by atoms with van der Waals surface area (Å²) >= 11 is 0.